The van der Waals surface area contributed by atoms with E-state index in [9.17, 15) is 40.7 Å². The van der Waals surface area contributed by atoms with Crippen molar-refractivity contribution in [3.8, 4) is 6.07 Å². The summed E-state index contributed by atoms with van der Waals surface area (Å²) in [6.45, 7) is 2.69. The van der Waals surface area contributed by atoms with Gasteiger partial charge < -0.3 is 15.7 Å². The van der Waals surface area contributed by atoms with Gasteiger partial charge in [0.1, 0.15) is 5.82 Å². The minimum absolute atomic E-state index is 0.0926. The van der Waals surface area contributed by atoms with Gasteiger partial charge in [-0.2, -0.15) is 18.4 Å². The molecule has 0 bridgehead atoms. The van der Waals surface area contributed by atoms with Gasteiger partial charge in [-0.3, -0.25) is 9.59 Å². The number of aliphatic hydroxyl groups is 1. The molecule has 1 atom stereocenters. The van der Waals surface area contributed by atoms with Crippen LogP contribution in [0.1, 0.15) is 31.4 Å². The molecule has 13 heteroatoms. The molecule has 3 N–H and O–H groups in total. The largest absolute Gasteiger partial charge is 0.417 e. The number of halogens is 4. The molecule has 8 nitrogen and oxygen atoms in total. The molecule has 0 radical (unpaired) electrons. The topological polar surface area (TPSA) is 136 Å². The van der Waals surface area contributed by atoms with Crippen LogP contribution in [0.15, 0.2) is 47.4 Å². The van der Waals surface area contributed by atoms with Crippen molar-refractivity contribution in [2.24, 2.45) is 0 Å². The van der Waals surface area contributed by atoms with Gasteiger partial charge in [0, 0.05) is 19.2 Å². The number of nitrogens with zero attached hydrogens (tertiary/aromatic N) is 1. The van der Waals surface area contributed by atoms with Crippen LogP contribution < -0.4 is 10.6 Å². The molecule has 1 unspecified atom stereocenters. The predicted octanol–water partition coefficient (Wildman–Crippen LogP) is 3.02. The number of alkyl halides is 3. The van der Waals surface area contributed by atoms with E-state index in [-0.39, 0.29) is 16.5 Å². The third-order valence-electron chi connectivity index (χ3n) is 4.44. The van der Waals surface area contributed by atoms with Crippen LogP contribution in [0.4, 0.5) is 23.2 Å². The SMILES string of the molecule is CC(O)(CS(=O)(=O)c1ccc(F)cc1)C(=O)Nc1ccc(C#N)c(C(F)(F)F)c1.CCC(=O)NC. The van der Waals surface area contributed by atoms with E-state index in [0.29, 0.717) is 12.5 Å². The van der Waals surface area contributed by atoms with Crippen molar-refractivity contribution < 1.29 is 40.7 Å². The van der Waals surface area contributed by atoms with E-state index in [1.807, 2.05) is 12.2 Å². The summed E-state index contributed by atoms with van der Waals surface area (Å²) >= 11 is 0. The number of rotatable bonds is 6. The lowest BCUT2D eigenvalue weighted by Crippen LogP contribution is -2.45. The zero-order valence-electron chi connectivity index (χ0n) is 18.9. The van der Waals surface area contributed by atoms with Gasteiger partial charge in [-0.1, -0.05) is 6.92 Å². The molecule has 190 valence electrons. The zero-order valence-corrected chi connectivity index (χ0v) is 19.7. The van der Waals surface area contributed by atoms with Crippen LogP contribution in [0, 0.1) is 17.1 Å². The zero-order chi connectivity index (χ0) is 27.0. The molecule has 0 saturated heterocycles. The third-order valence-corrected chi connectivity index (χ3v) is 6.37. The van der Waals surface area contributed by atoms with E-state index in [1.165, 1.54) is 6.07 Å². The van der Waals surface area contributed by atoms with Crippen molar-refractivity contribution in [2.75, 3.05) is 18.1 Å². The molecule has 35 heavy (non-hydrogen) atoms. The van der Waals surface area contributed by atoms with Crippen molar-refractivity contribution in [1.29, 1.82) is 5.26 Å². The molecular formula is C22H23F4N3O5S. The monoisotopic (exact) mass is 517 g/mol. The Kier molecular flexibility index (Phi) is 9.93. The Morgan fingerprint density at radius 1 is 1.11 bits per heavy atom. The van der Waals surface area contributed by atoms with Gasteiger partial charge in [-0.05, 0) is 49.4 Å². The highest BCUT2D eigenvalue weighted by Crippen LogP contribution is 2.33. The van der Waals surface area contributed by atoms with E-state index in [0.717, 1.165) is 43.3 Å². The Bertz CT molecular complexity index is 1200. The van der Waals surface area contributed by atoms with Crippen LogP contribution in [0.5, 0.6) is 0 Å². The second-order valence-electron chi connectivity index (χ2n) is 7.34. The second-order valence-corrected chi connectivity index (χ2v) is 9.33. The highest BCUT2D eigenvalue weighted by Gasteiger charge is 2.38. The molecule has 2 rings (SSSR count). The molecular weight excluding hydrogens is 494 g/mol. The summed E-state index contributed by atoms with van der Waals surface area (Å²) in [6.07, 6.45) is -4.28. The molecule has 0 spiro atoms. The van der Waals surface area contributed by atoms with E-state index < -0.39 is 50.2 Å². The van der Waals surface area contributed by atoms with Gasteiger partial charge in [-0.25, -0.2) is 12.8 Å². The molecule has 0 aliphatic heterocycles. The second kappa shape index (κ2) is 11.8. The van der Waals surface area contributed by atoms with E-state index in [2.05, 4.69) is 5.32 Å². The molecule has 0 saturated carbocycles. The molecule has 2 aromatic rings. The minimum Gasteiger partial charge on any atom is -0.379 e. The fourth-order valence-electron chi connectivity index (χ4n) is 2.56. The van der Waals surface area contributed by atoms with E-state index in [1.54, 1.807) is 7.05 Å². The number of hydrogen-bond donors (Lipinski definition) is 3. The molecule has 0 aromatic heterocycles. The van der Waals surface area contributed by atoms with E-state index >= 15 is 0 Å². The third kappa shape index (κ3) is 8.66. The predicted molar refractivity (Wildman–Crippen MR) is 118 cm³/mol. The number of hydrogen-bond acceptors (Lipinski definition) is 6. The minimum atomic E-state index is -4.86. The number of amides is 2. The van der Waals surface area contributed by atoms with Gasteiger partial charge in [0.05, 0.1) is 27.8 Å². The summed E-state index contributed by atoms with van der Waals surface area (Å²) in [7, 11) is -2.58. The molecule has 0 fully saturated rings. The average Bonchev–Trinajstić information content (AvgIpc) is 2.77. The maximum atomic E-state index is 13.0. The molecule has 0 aliphatic carbocycles. The summed E-state index contributed by atoms with van der Waals surface area (Å²) < 4.78 is 76.6. The normalized spacial score (nSPS) is 12.9. The lowest BCUT2D eigenvalue weighted by Gasteiger charge is -2.22. The standard InChI is InChI=1S/C18H14F4N2O4S.C4H9NO/c1-17(26,10-29(27,28)14-6-3-12(19)4-7-14)16(25)24-13-5-2-11(9-23)15(8-13)18(20,21)22;1-3-4(6)5-2/h2-8,26H,10H2,1H3,(H,24,25);3H2,1-2H3,(H,5,6). The molecule has 2 aromatic carbocycles. The Morgan fingerprint density at radius 2 is 1.69 bits per heavy atom. The summed E-state index contributed by atoms with van der Waals surface area (Å²) in [5, 5.41) is 23.5. The first-order valence-corrected chi connectivity index (χ1v) is 11.6. The van der Waals surface area contributed by atoms with Gasteiger partial charge in [-0.15, -0.1) is 0 Å². The summed E-state index contributed by atoms with van der Waals surface area (Å²) in [5.74, 6) is -2.97. The first kappa shape index (κ1) is 29.5. The summed E-state index contributed by atoms with van der Waals surface area (Å²) in [6, 6.07) is 7.40. The van der Waals surface area contributed by atoms with Crippen LogP contribution >= 0.6 is 0 Å². The lowest BCUT2D eigenvalue weighted by molar-refractivity contribution is -0.138. The lowest BCUT2D eigenvalue weighted by atomic mass is 10.1. The number of carbonyl (C=O) groups is 2. The molecule has 0 aliphatic rings. The Hall–Kier alpha value is -3.50. The van der Waals surface area contributed by atoms with Gasteiger partial charge in [0.25, 0.3) is 5.91 Å². The quantitative estimate of drug-likeness (QED) is 0.398. The number of nitrogens with one attached hydrogen (secondary N) is 2. The number of anilines is 1. The van der Waals surface area contributed by atoms with Crippen LogP contribution in [-0.2, 0) is 25.6 Å². The Labute approximate surface area is 199 Å². The number of carbonyl (C=O) groups excluding carboxylic acids is 2. The van der Waals surface area contributed by atoms with Crippen LogP contribution in [0.3, 0.4) is 0 Å². The van der Waals surface area contributed by atoms with Crippen molar-refractivity contribution in [2.45, 2.75) is 36.9 Å². The highest BCUT2D eigenvalue weighted by atomic mass is 32.2. The summed E-state index contributed by atoms with van der Waals surface area (Å²) in [5.41, 5.74) is -4.86. The number of sulfone groups is 1. The summed E-state index contributed by atoms with van der Waals surface area (Å²) in [4.78, 5) is 22.0. The van der Waals surface area contributed by atoms with Crippen molar-refractivity contribution in [1.82, 2.24) is 5.32 Å². The molecule has 0 heterocycles. The fraction of sp³-hybridized carbons (Fsp3) is 0.318. The highest BCUT2D eigenvalue weighted by molar-refractivity contribution is 7.91. The number of nitriles is 1. The molecule has 2 amide bonds. The smallest absolute Gasteiger partial charge is 0.379 e. The fourth-order valence-corrected chi connectivity index (χ4v) is 4.15. The Balaban J connectivity index is 0.000000905. The van der Waals surface area contributed by atoms with Gasteiger partial charge in [0.2, 0.25) is 5.91 Å². The maximum absolute atomic E-state index is 13.0. The first-order valence-electron chi connectivity index (χ1n) is 9.91. The van der Waals surface area contributed by atoms with Crippen LogP contribution in [0.2, 0.25) is 0 Å². The van der Waals surface area contributed by atoms with Crippen molar-refractivity contribution in [3.05, 3.63) is 59.4 Å². The van der Waals surface area contributed by atoms with Crippen LogP contribution in [-0.4, -0.2) is 43.7 Å². The van der Waals surface area contributed by atoms with Gasteiger partial charge in [0.15, 0.2) is 15.4 Å². The van der Waals surface area contributed by atoms with Crippen LogP contribution in [0.25, 0.3) is 0 Å². The van der Waals surface area contributed by atoms with Crippen molar-refractivity contribution in [3.63, 3.8) is 0 Å². The van der Waals surface area contributed by atoms with E-state index in [4.69, 9.17) is 5.26 Å². The first-order chi connectivity index (χ1) is 16.1. The van der Waals surface area contributed by atoms with Gasteiger partial charge >= 0.3 is 6.18 Å². The Morgan fingerprint density at radius 3 is 2.11 bits per heavy atom. The number of benzene rings is 2. The maximum Gasteiger partial charge on any atom is 0.417 e. The average molecular weight is 518 g/mol. The van der Waals surface area contributed by atoms with Crippen molar-refractivity contribution >= 4 is 27.3 Å².